The Balaban J connectivity index is 2.14. The van der Waals surface area contributed by atoms with Crippen molar-refractivity contribution in [3.63, 3.8) is 0 Å². The third kappa shape index (κ3) is 1.79. The summed E-state index contributed by atoms with van der Waals surface area (Å²) in [6.45, 7) is 3.24. The summed E-state index contributed by atoms with van der Waals surface area (Å²) in [5, 5.41) is 0. The molecule has 1 atom stereocenters. The molecule has 0 radical (unpaired) electrons. The van der Waals surface area contributed by atoms with Crippen LogP contribution in [-0.4, -0.2) is 40.6 Å². The van der Waals surface area contributed by atoms with Gasteiger partial charge in [0.2, 0.25) is 11.9 Å². The van der Waals surface area contributed by atoms with E-state index in [1.54, 1.807) is 4.90 Å². The molecule has 2 heterocycles. The fourth-order valence-electron chi connectivity index (χ4n) is 2.75. The number of likely N-dealkylation sites (tertiary alicyclic amines) is 1. The predicted molar refractivity (Wildman–Crippen MR) is 76.6 cm³/mol. The number of fused-ring (bicyclic) bond motifs is 1. The highest BCUT2D eigenvalue weighted by Crippen LogP contribution is 2.33. The van der Waals surface area contributed by atoms with Crippen LogP contribution >= 0.6 is 0 Å². The van der Waals surface area contributed by atoms with Gasteiger partial charge < -0.3 is 15.4 Å². The summed E-state index contributed by atoms with van der Waals surface area (Å²) in [5.74, 6) is 1.15. The molecular formula is C14H18N4O2. The van der Waals surface area contributed by atoms with Gasteiger partial charge in [0.1, 0.15) is 17.3 Å². The monoisotopic (exact) mass is 274 g/mol. The maximum atomic E-state index is 12.2. The number of amides is 1. The Morgan fingerprint density at radius 2 is 2.30 bits per heavy atom. The average Bonchev–Trinajstić information content (AvgIpc) is 2.92. The topological polar surface area (TPSA) is 73.4 Å². The number of ether oxygens (including phenoxy) is 1. The van der Waals surface area contributed by atoms with Gasteiger partial charge in [0.05, 0.1) is 12.1 Å². The molecule has 3 rings (SSSR count). The zero-order chi connectivity index (χ0) is 14.3. The lowest BCUT2D eigenvalue weighted by Crippen LogP contribution is -2.25. The molecule has 1 saturated heterocycles. The van der Waals surface area contributed by atoms with Gasteiger partial charge in [0.15, 0.2) is 0 Å². The van der Waals surface area contributed by atoms with Crippen molar-refractivity contribution in [2.24, 2.45) is 0 Å². The molecule has 2 aromatic rings. The summed E-state index contributed by atoms with van der Waals surface area (Å²) < 4.78 is 7.39. The van der Waals surface area contributed by atoms with Gasteiger partial charge in [-0.05, 0) is 25.5 Å². The van der Waals surface area contributed by atoms with Crippen molar-refractivity contribution in [3.8, 4) is 5.75 Å². The maximum Gasteiger partial charge on any atom is 0.245 e. The fourth-order valence-corrected chi connectivity index (χ4v) is 2.75. The van der Waals surface area contributed by atoms with Gasteiger partial charge >= 0.3 is 0 Å². The lowest BCUT2D eigenvalue weighted by atomic mass is 10.2. The van der Waals surface area contributed by atoms with Gasteiger partial charge in [0, 0.05) is 13.6 Å². The van der Waals surface area contributed by atoms with Gasteiger partial charge in [-0.2, -0.15) is 0 Å². The molecule has 0 bridgehead atoms. The van der Waals surface area contributed by atoms with Crippen molar-refractivity contribution >= 4 is 22.9 Å². The number of nitrogens with zero attached hydrogens (tertiary/aromatic N) is 3. The first-order valence-corrected chi connectivity index (χ1v) is 6.77. The van der Waals surface area contributed by atoms with E-state index in [0.717, 1.165) is 18.5 Å². The normalized spacial score (nSPS) is 19.0. The number of benzene rings is 1. The smallest absolute Gasteiger partial charge is 0.245 e. The Hall–Kier alpha value is -2.24. The van der Waals surface area contributed by atoms with Crippen LogP contribution < -0.4 is 10.5 Å². The minimum absolute atomic E-state index is 0.0813. The first kappa shape index (κ1) is 12.8. The predicted octanol–water partition coefficient (Wildman–Crippen LogP) is 1.42. The molecule has 6 heteroatoms. The number of hydrogen-bond donors (Lipinski definition) is 1. The number of anilines is 1. The van der Waals surface area contributed by atoms with Crippen molar-refractivity contribution in [2.45, 2.75) is 19.4 Å². The quantitative estimate of drug-likeness (QED) is 0.918. The zero-order valence-electron chi connectivity index (χ0n) is 11.7. The van der Waals surface area contributed by atoms with Crippen LogP contribution in [-0.2, 0) is 4.79 Å². The molecule has 106 valence electrons. The van der Waals surface area contributed by atoms with E-state index >= 15 is 0 Å². The van der Waals surface area contributed by atoms with Gasteiger partial charge in [-0.15, -0.1) is 0 Å². The number of carbonyl (C=O) groups excluding carboxylic acids is 1. The lowest BCUT2D eigenvalue weighted by Gasteiger charge is -2.14. The van der Waals surface area contributed by atoms with E-state index in [4.69, 9.17) is 10.5 Å². The van der Waals surface area contributed by atoms with Crippen molar-refractivity contribution in [1.29, 1.82) is 0 Å². The number of aromatic nitrogens is 2. The number of para-hydroxylation sites is 1. The van der Waals surface area contributed by atoms with Crippen molar-refractivity contribution < 1.29 is 9.53 Å². The van der Waals surface area contributed by atoms with Crippen LogP contribution in [0.25, 0.3) is 11.0 Å². The summed E-state index contributed by atoms with van der Waals surface area (Å²) in [4.78, 5) is 18.3. The second-order valence-corrected chi connectivity index (χ2v) is 4.96. The van der Waals surface area contributed by atoms with Crippen LogP contribution in [0.15, 0.2) is 18.2 Å². The number of imidazole rings is 1. The van der Waals surface area contributed by atoms with E-state index in [2.05, 4.69) is 4.98 Å². The molecule has 1 aliphatic rings. The number of carbonyl (C=O) groups is 1. The largest absolute Gasteiger partial charge is 0.492 e. The zero-order valence-corrected chi connectivity index (χ0v) is 11.7. The van der Waals surface area contributed by atoms with Crippen LogP contribution in [0.1, 0.15) is 19.4 Å². The number of likely N-dealkylation sites (N-methyl/N-ethyl adjacent to an activating group) is 1. The Morgan fingerprint density at radius 1 is 1.50 bits per heavy atom. The summed E-state index contributed by atoms with van der Waals surface area (Å²) >= 11 is 0. The first-order valence-electron chi connectivity index (χ1n) is 6.77. The van der Waals surface area contributed by atoms with Crippen LogP contribution in [0.2, 0.25) is 0 Å². The molecular weight excluding hydrogens is 256 g/mol. The van der Waals surface area contributed by atoms with Crippen molar-refractivity contribution in [3.05, 3.63) is 18.2 Å². The standard InChI is InChI=1S/C14H18N4O2/c1-3-20-11-6-4-5-9-12(11)16-14(15)18(9)10-7-8-17(2)13(10)19/h4-6,10H,3,7-8H2,1-2H3,(H2,15,16). The molecule has 0 saturated carbocycles. The molecule has 1 unspecified atom stereocenters. The van der Waals surface area contributed by atoms with Crippen LogP contribution in [0.4, 0.5) is 5.95 Å². The molecule has 1 amide bonds. The summed E-state index contributed by atoms with van der Waals surface area (Å²) in [6, 6.07) is 5.42. The highest BCUT2D eigenvalue weighted by Gasteiger charge is 2.33. The molecule has 0 spiro atoms. The summed E-state index contributed by atoms with van der Waals surface area (Å²) in [6.07, 6.45) is 0.754. The molecule has 1 aliphatic heterocycles. The maximum absolute atomic E-state index is 12.2. The molecule has 20 heavy (non-hydrogen) atoms. The number of hydrogen-bond acceptors (Lipinski definition) is 4. The second kappa shape index (κ2) is 4.70. The van der Waals surface area contributed by atoms with Crippen LogP contribution in [0.5, 0.6) is 5.75 Å². The first-order chi connectivity index (χ1) is 9.63. The van der Waals surface area contributed by atoms with E-state index < -0.39 is 0 Å². The highest BCUT2D eigenvalue weighted by molar-refractivity contribution is 5.89. The average molecular weight is 274 g/mol. The Morgan fingerprint density at radius 3 is 2.95 bits per heavy atom. The van der Waals surface area contributed by atoms with Crippen LogP contribution in [0.3, 0.4) is 0 Å². The minimum atomic E-state index is -0.262. The van der Waals surface area contributed by atoms with E-state index in [9.17, 15) is 4.79 Å². The fraction of sp³-hybridized carbons (Fsp3) is 0.429. The minimum Gasteiger partial charge on any atom is -0.492 e. The highest BCUT2D eigenvalue weighted by atomic mass is 16.5. The number of nitrogens with two attached hydrogens (primary N) is 1. The number of rotatable bonds is 3. The van der Waals surface area contributed by atoms with E-state index in [1.165, 1.54) is 0 Å². The molecule has 0 aliphatic carbocycles. The van der Waals surface area contributed by atoms with E-state index in [0.29, 0.717) is 23.8 Å². The molecule has 1 fully saturated rings. The lowest BCUT2D eigenvalue weighted by molar-refractivity contribution is -0.129. The molecule has 2 N–H and O–H groups in total. The van der Waals surface area contributed by atoms with E-state index in [-0.39, 0.29) is 11.9 Å². The Kier molecular flexibility index (Phi) is 3.00. The number of nitrogen functional groups attached to an aromatic ring is 1. The second-order valence-electron chi connectivity index (χ2n) is 4.96. The van der Waals surface area contributed by atoms with Crippen molar-refractivity contribution in [2.75, 3.05) is 25.9 Å². The van der Waals surface area contributed by atoms with Crippen LogP contribution in [0, 0.1) is 0 Å². The Bertz CT molecular complexity index is 664. The molecule has 1 aromatic heterocycles. The van der Waals surface area contributed by atoms with Gasteiger partial charge in [-0.3, -0.25) is 9.36 Å². The molecule has 1 aromatic carbocycles. The van der Waals surface area contributed by atoms with Crippen molar-refractivity contribution in [1.82, 2.24) is 14.5 Å². The SMILES string of the molecule is CCOc1cccc2c1nc(N)n2C1CCN(C)C1=O. The van der Waals surface area contributed by atoms with E-state index in [1.807, 2.05) is 36.7 Å². The summed E-state index contributed by atoms with van der Waals surface area (Å²) in [7, 11) is 1.81. The Labute approximate surface area is 117 Å². The third-order valence-electron chi connectivity index (χ3n) is 3.72. The molecule has 6 nitrogen and oxygen atoms in total. The van der Waals surface area contributed by atoms with Gasteiger partial charge in [-0.25, -0.2) is 4.98 Å². The van der Waals surface area contributed by atoms with Gasteiger partial charge in [0.25, 0.3) is 0 Å². The summed E-state index contributed by atoms with van der Waals surface area (Å²) in [5.41, 5.74) is 7.60. The third-order valence-corrected chi connectivity index (χ3v) is 3.72. The van der Waals surface area contributed by atoms with Gasteiger partial charge in [-0.1, -0.05) is 6.07 Å².